The van der Waals surface area contributed by atoms with Crippen molar-refractivity contribution in [3.8, 4) is 5.75 Å². The standard InChI is InChI=1S/C20H22F3N3O2S/c1-24-8-10-25(11-9-24)19-7-2-4-15-13-26(14-18(15)19)29(27)17-6-3-5-16(12-17)28-20(21,22)23/h2-7,12H,8-11,13-14H2,1H3. The van der Waals surface area contributed by atoms with E-state index in [4.69, 9.17) is 0 Å². The van der Waals surface area contributed by atoms with Crippen molar-refractivity contribution in [2.24, 2.45) is 0 Å². The lowest BCUT2D eigenvalue weighted by atomic mass is 10.1. The van der Waals surface area contributed by atoms with Crippen LogP contribution in [-0.2, 0) is 24.1 Å². The molecule has 0 bridgehead atoms. The van der Waals surface area contributed by atoms with Crippen molar-refractivity contribution in [2.45, 2.75) is 24.3 Å². The lowest BCUT2D eigenvalue weighted by Crippen LogP contribution is -2.44. The lowest BCUT2D eigenvalue weighted by Gasteiger charge is -2.35. The lowest BCUT2D eigenvalue weighted by molar-refractivity contribution is -0.274. The molecule has 0 spiro atoms. The van der Waals surface area contributed by atoms with E-state index in [-0.39, 0.29) is 5.75 Å². The van der Waals surface area contributed by atoms with Crippen LogP contribution in [-0.4, -0.2) is 53.0 Å². The van der Waals surface area contributed by atoms with E-state index in [1.807, 2.05) is 12.1 Å². The van der Waals surface area contributed by atoms with Gasteiger partial charge in [-0.2, -0.15) is 0 Å². The highest BCUT2D eigenvalue weighted by Crippen LogP contribution is 2.34. The minimum absolute atomic E-state index is 0.292. The number of nitrogens with zero attached hydrogens (tertiary/aromatic N) is 3. The summed E-state index contributed by atoms with van der Waals surface area (Å²) in [5.74, 6) is -0.363. The number of ether oxygens (including phenoxy) is 1. The zero-order valence-electron chi connectivity index (χ0n) is 16.0. The summed E-state index contributed by atoms with van der Waals surface area (Å²) in [6, 6.07) is 11.5. The molecule has 2 aromatic carbocycles. The minimum atomic E-state index is -4.78. The summed E-state index contributed by atoms with van der Waals surface area (Å²) >= 11 is 0. The SMILES string of the molecule is CN1CCN(c2cccc3c2CN(S(=O)c2cccc(OC(F)(F)F)c2)C3)CC1. The van der Waals surface area contributed by atoms with Gasteiger partial charge in [0.1, 0.15) is 16.7 Å². The van der Waals surface area contributed by atoms with Gasteiger partial charge in [-0.25, -0.2) is 8.51 Å². The Labute approximate surface area is 170 Å². The summed E-state index contributed by atoms with van der Waals surface area (Å²) in [5.41, 5.74) is 3.41. The second-order valence-electron chi connectivity index (χ2n) is 7.27. The van der Waals surface area contributed by atoms with Gasteiger partial charge < -0.3 is 14.5 Å². The molecule has 0 amide bonds. The molecule has 0 saturated carbocycles. The molecule has 0 N–H and O–H groups in total. The minimum Gasteiger partial charge on any atom is -0.406 e. The number of benzene rings is 2. The quantitative estimate of drug-likeness (QED) is 0.753. The molecule has 156 valence electrons. The summed E-state index contributed by atoms with van der Waals surface area (Å²) in [5, 5.41) is 0. The molecule has 4 rings (SSSR count). The Morgan fingerprint density at radius 3 is 2.45 bits per heavy atom. The fourth-order valence-corrected chi connectivity index (χ4v) is 4.98. The van der Waals surface area contributed by atoms with E-state index >= 15 is 0 Å². The number of hydrogen-bond acceptors (Lipinski definition) is 4. The van der Waals surface area contributed by atoms with Gasteiger partial charge in [-0.05, 0) is 42.4 Å². The number of alkyl halides is 3. The molecule has 1 atom stereocenters. The third kappa shape index (κ3) is 4.57. The smallest absolute Gasteiger partial charge is 0.406 e. The third-order valence-corrected chi connectivity index (χ3v) is 6.63. The number of fused-ring (bicyclic) bond motifs is 1. The molecule has 0 aromatic heterocycles. The van der Waals surface area contributed by atoms with Crippen LogP contribution in [0.25, 0.3) is 0 Å². The Morgan fingerprint density at radius 1 is 1.00 bits per heavy atom. The Morgan fingerprint density at radius 2 is 1.72 bits per heavy atom. The molecule has 5 nitrogen and oxygen atoms in total. The Balaban J connectivity index is 1.52. The van der Waals surface area contributed by atoms with Gasteiger partial charge in [0.2, 0.25) is 0 Å². The first kappa shape index (κ1) is 20.2. The largest absolute Gasteiger partial charge is 0.573 e. The second-order valence-corrected chi connectivity index (χ2v) is 8.76. The van der Waals surface area contributed by atoms with E-state index in [1.165, 1.54) is 18.2 Å². The van der Waals surface area contributed by atoms with Crippen LogP contribution in [0.15, 0.2) is 47.4 Å². The van der Waals surface area contributed by atoms with Gasteiger partial charge in [0.25, 0.3) is 0 Å². The molecule has 1 saturated heterocycles. The number of halogens is 3. The van der Waals surface area contributed by atoms with Gasteiger partial charge in [0, 0.05) is 45.0 Å². The van der Waals surface area contributed by atoms with Crippen LogP contribution < -0.4 is 9.64 Å². The first-order chi connectivity index (χ1) is 13.8. The van der Waals surface area contributed by atoms with Gasteiger partial charge in [0.05, 0.1) is 4.90 Å². The van der Waals surface area contributed by atoms with Gasteiger partial charge >= 0.3 is 6.36 Å². The van der Waals surface area contributed by atoms with Crippen LogP contribution in [0.2, 0.25) is 0 Å². The molecule has 0 radical (unpaired) electrons. The Hall–Kier alpha value is -2.10. The molecular formula is C20H22F3N3O2S. The fourth-order valence-electron chi connectivity index (χ4n) is 3.76. The molecule has 1 fully saturated rings. The number of likely N-dealkylation sites (N-methyl/N-ethyl adjacent to an activating group) is 1. The Kier molecular flexibility index (Phi) is 5.54. The van der Waals surface area contributed by atoms with E-state index in [1.54, 1.807) is 10.4 Å². The Bertz CT molecular complexity index is 914. The van der Waals surface area contributed by atoms with E-state index in [0.717, 1.165) is 43.0 Å². The van der Waals surface area contributed by atoms with E-state index in [9.17, 15) is 17.4 Å². The predicted molar refractivity (Wildman–Crippen MR) is 105 cm³/mol. The maximum atomic E-state index is 13.0. The van der Waals surface area contributed by atoms with Crippen molar-refractivity contribution >= 4 is 16.7 Å². The van der Waals surface area contributed by atoms with Crippen molar-refractivity contribution in [3.63, 3.8) is 0 Å². The molecule has 2 aliphatic heterocycles. The van der Waals surface area contributed by atoms with E-state index in [0.29, 0.717) is 18.0 Å². The molecule has 2 aromatic rings. The van der Waals surface area contributed by atoms with Crippen molar-refractivity contribution in [2.75, 3.05) is 38.1 Å². The summed E-state index contributed by atoms with van der Waals surface area (Å²) in [6.45, 7) is 4.85. The van der Waals surface area contributed by atoms with Crippen LogP contribution in [0.3, 0.4) is 0 Å². The van der Waals surface area contributed by atoms with E-state index in [2.05, 4.69) is 27.7 Å². The topological polar surface area (TPSA) is 36.0 Å². The average Bonchev–Trinajstić information content (AvgIpc) is 3.11. The number of hydrogen-bond donors (Lipinski definition) is 0. The predicted octanol–water partition coefficient (Wildman–Crippen LogP) is 3.38. The average molecular weight is 425 g/mol. The van der Waals surface area contributed by atoms with Gasteiger partial charge in [-0.15, -0.1) is 13.2 Å². The molecule has 0 aliphatic carbocycles. The molecule has 2 heterocycles. The monoisotopic (exact) mass is 425 g/mol. The maximum Gasteiger partial charge on any atom is 0.573 e. The molecule has 1 unspecified atom stereocenters. The van der Waals surface area contributed by atoms with Crippen molar-refractivity contribution < 1.29 is 22.1 Å². The first-order valence-electron chi connectivity index (χ1n) is 9.37. The molecule has 2 aliphatic rings. The third-order valence-electron chi connectivity index (χ3n) is 5.25. The van der Waals surface area contributed by atoms with Gasteiger partial charge in [-0.3, -0.25) is 0 Å². The number of anilines is 1. The summed E-state index contributed by atoms with van der Waals surface area (Å²) in [6.07, 6.45) is -4.78. The molecular weight excluding hydrogens is 403 g/mol. The van der Waals surface area contributed by atoms with Crippen LogP contribution in [0.1, 0.15) is 11.1 Å². The molecule has 29 heavy (non-hydrogen) atoms. The highest BCUT2D eigenvalue weighted by atomic mass is 32.2. The zero-order chi connectivity index (χ0) is 20.6. The van der Waals surface area contributed by atoms with Crippen molar-refractivity contribution in [1.82, 2.24) is 9.21 Å². The van der Waals surface area contributed by atoms with Crippen LogP contribution in [0, 0.1) is 0 Å². The van der Waals surface area contributed by atoms with Crippen LogP contribution in [0.4, 0.5) is 18.9 Å². The highest BCUT2D eigenvalue weighted by Gasteiger charge is 2.32. The fraction of sp³-hybridized carbons (Fsp3) is 0.400. The first-order valence-corrected chi connectivity index (χ1v) is 10.5. The second kappa shape index (κ2) is 7.97. The normalized spacial score (nSPS) is 19.2. The van der Waals surface area contributed by atoms with E-state index < -0.39 is 17.3 Å². The number of rotatable bonds is 4. The van der Waals surface area contributed by atoms with Gasteiger partial charge in [-0.1, -0.05) is 18.2 Å². The summed E-state index contributed by atoms with van der Waals surface area (Å²) in [7, 11) is 0.522. The van der Waals surface area contributed by atoms with Crippen LogP contribution >= 0.6 is 0 Å². The van der Waals surface area contributed by atoms with Crippen molar-refractivity contribution in [1.29, 1.82) is 0 Å². The summed E-state index contributed by atoms with van der Waals surface area (Å²) < 4.78 is 56.2. The molecule has 9 heteroatoms. The van der Waals surface area contributed by atoms with Crippen molar-refractivity contribution in [3.05, 3.63) is 53.6 Å². The highest BCUT2D eigenvalue weighted by molar-refractivity contribution is 7.82. The maximum absolute atomic E-state index is 13.0. The zero-order valence-corrected chi connectivity index (χ0v) is 16.8. The van der Waals surface area contributed by atoms with Crippen LogP contribution in [0.5, 0.6) is 5.75 Å². The number of piperazine rings is 1. The summed E-state index contributed by atoms with van der Waals surface area (Å²) in [4.78, 5) is 4.93. The van der Waals surface area contributed by atoms with Gasteiger partial charge in [0.15, 0.2) is 0 Å².